The number of aromatic nitrogens is 4. The lowest BCUT2D eigenvalue weighted by molar-refractivity contribution is 0.383. The molecular formula is C9H18N4O3. The van der Waals surface area contributed by atoms with Gasteiger partial charge in [-0.1, -0.05) is 25.2 Å². The molecule has 0 bridgehead atoms. The molecule has 1 N–H and O–H groups in total. The van der Waals surface area contributed by atoms with E-state index in [2.05, 4.69) is 29.3 Å². The molecule has 7 nitrogen and oxygen atoms in total. The van der Waals surface area contributed by atoms with Gasteiger partial charge in [0.05, 0.1) is 0 Å². The van der Waals surface area contributed by atoms with Crippen molar-refractivity contribution in [3.63, 3.8) is 0 Å². The topological polar surface area (TPSA) is 97.8 Å². The summed E-state index contributed by atoms with van der Waals surface area (Å²) < 4.78 is 8.71. The van der Waals surface area contributed by atoms with Gasteiger partial charge < -0.3 is 4.52 Å². The fourth-order valence-electron chi connectivity index (χ4n) is 0.704. The maximum atomic E-state index is 10.0. The van der Waals surface area contributed by atoms with E-state index in [-0.39, 0.29) is 14.9 Å². The van der Waals surface area contributed by atoms with Crippen LogP contribution in [0.2, 0.25) is 0 Å². The molecule has 0 radical (unpaired) electrons. The summed E-state index contributed by atoms with van der Waals surface area (Å²) in [4.78, 5) is 16.1. The van der Waals surface area contributed by atoms with Gasteiger partial charge in [0.1, 0.15) is 5.82 Å². The first-order chi connectivity index (χ1) is 6.58. The van der Waals surface area contributed by atoms with Crippen LogP contribution in [-0.4, -0.2) is 20.3 Å². The van der Waals surface area contributed by atoms with Crippen LogP contribution in [0.15, 0.2) is 13.8 Å². The third-order valence-electron chi connectivity index (χ3n) is 1.18. The van der Waals surface area contributed by atoms with Crippen molar-refractivity contribution in [2.24, 2.45) is 0 Å². The smallest absolute Gasteiger partial charge is 0.340 e. The highest BCUT2D eigenvalue weighted by molar-refractivity contribution is 4.77. The number of hydrogen-bond donors (Lipinski definition) is 1. The van der Waals surface area contributed by atoms with Gasteiger partial charge in [0.2, 0.25) is 5.89 Å². The Morgan fingerprint density at radius 3 is 1.81 bits per heavy atom. The monoisotopic (exact) mass is 230 g/mol. The summed E-state index contributed by atoms with van der Waals surface area (Å²) in [6, 6.07) is 0. The Morgan fingerprint density at radius 2 is 1.69 bits per heavy atom. The van der Waals surface area contributed by atoms with E-state index in [1.54, 1.807) is 20.8 Å². The molecule has 2 rings (SSSR count). The van der Waals surface area contributed by atoms with Crippen LogP contribution in [0.5, 0.6) is 0 Å². The van der Waals surface area contributed by atoms with Gasteiger partial charge >= 0.3 is 5.76 Å². The van der Waals surface area contributed by atoms with Crippen molar-refractivity contribution >= 4 is 0 Å². The molecule has 16 heavy (non-hydrogen) atoms. The third-order valence-corrected chi connectivity index (χ3v) is 1.18. The molecular weight excluding hydrogens is 212 g/mol. The lowest BCUT2D eigenvalue weighted by Gasteiger charge is -1.64. The van der Waals surface area contributed by atoms with E-state index in [0.29, 0.717) is 17.5 Å². The van der Waals surface area contributed by atoms with Gasteiger partial charge in [0.25, 0.3) is 0 Å². The first-order valence-electron chi connectivity index (χ1n) is 3.87. The standard InChI is InChI=1S/C4H6N2O.C3H4N2O2.2CH4/c1-3-5-4(2)7-6-3;1-2-4-3(6)7-5-2;;/h1-2H3;1H3,(H,4,5,6);2*1H4. The molecule has 0 saturated carbocycles. The van der Waals surface area contributed by atoms with Gasteiger partial charge in [-0.25, -0.2) is 4.79 Å². The average Bonchev–Trinajstić information content (AvgIpc) is 2.63. The number of H-pyrrole nitrogens is 1. The first kappa shape index (κ1) is 16.5. The SMILES string of the molecule is C.C.Cc1noc(=O)[nH]1.Cc1noc(C)n1. The molecule has 0 spiro atoms. The summed E-state index contributed by atoms with van der Waals surface area (Å²) in [5.41, 5.74) is 0. The third kappa shape index (κ3) is 5.74. The van der Waals surface area contributed by atoms with Crippen LogP contribution in [0, 0.1) is 20.8 Å². The molecule has 2 aromatic heterocycles. The molecule has 0 amide bonds. The molecule has 0 unspecified atom stereocenters. The molecule has 0 aliphatic rings. The van der Waals surface area contributed by atoms with E-state index < -0.39 is 5.76 Å². The fourth-order valence-corrected chi connectivity index (χ4v) is 0.704. The Hall–Kier alpha value is -1.92. The average molecular weight is 230 g/mol. The highest BCUT2D eigenvalue weighted by atomic mass is 16.5. The number of aryl methyl sites for hydroxylation is 3. The van der Waals surface area contributed by atoms with Crippen molar-refractivity contribution in [2.45, 2.75) is 35.6 Å². The molecule has 0 aliphatic heterocycles. The van der Waals surface area contributed by atoms with Gasteiger partial charge in [-0.15, -0.1) is 0 Å². The van der Waals surface area contributed by atoms with Crippen LogP contribution >= 0.6 is 0 Å². The molecule has 0 atom stereocenters. The minimum Gasteiger partial charge on any atom is -0.340 e. The van der Waals surface area contributed by atoms with Crippen molar-refractivity contribution in [3.05, 3.63) is 28.1 Å². The Kier molecular flexibility index (Phi) is 7.62. The van der Waals surface area contributed by atoms with Crippen LogP contribution < -0.4 is 5.76 Å². The van der Waals surface area contributed by atoms with Crippen LogP contribution in [0.3, 0.4) is 0 Å². The molecule has 0 saturated heterocycles. The van der Waals surface area contributed by atoms with Gasteiger partial charge in [0, 0.05) is 6.92 Å². The zero-order chi connectivity index (χ0) is 10.6. The molecule has 0 aliphatic carbocycles. The van der Waals surface area contributed by atoms with Crippen LogP contribution in [0.25, 0.3) is 0 Å². The second-order valence-electron chi connectivity index (χ2n) is 2.54. The summed E-state index contributed by atoms with van der Waals surface area (Å²) in [5, 5.41) is 6.80. The minimum absolute atomic E-state index is 0. The minimum atomic E-state index is -0.502. The van der Waals surface area contributed by atoms with Crippen molar-refractivity contribution in [1.29, 1.82) is 0 Å². The maximum Gasteiger partial charge on any atom is 0.438 e. The molecule has 7 heteroatoms. The highest BCUT2D eigenvalue weighted by Gasteiger charge is 1.90. The molecule has 0 fully saturated rings. The highest BCUT2D eigenvalue weighted by Crippen LogP contribution is 1.89. The zero-order valence-electron chi connectivity index (χ0n) is 8.07. The predicted molar refractivity (Wildman–Crippen MR) is 59.1 cm³/mol. The Bertz CT molecular complexity index is 427. The van der Waals surface area contributed by atoms with Gasteiger partial charge in [-0.3, -0.25) is 9.51 Å². The van der Waals surface area contributed by atoms with Crippen LogP contribution in [-0.2, 0) is 0 Å². The predicted octanol–water partition coefficient (Wildman–Crippen LogP) is 1.63. The first-order valence-corrected chi connectivity index (χ1v) is 3.87. The van der Waals surface area contributed by atoms with Crippen LogP contribution in [0.4, 0.5) is 0 Å². The Labute approximate surface area is 93.9 Å². The number of rotatable bonds is 0. The number of nitrogens with zero attached hydrogens (tertiary/aromatic N) is 3. The zero-order valence-corrected chi connectivity index (χ0v) is 8.07. The number of aromatic amines is 1. The van der Waals surface area contributed by atoms with E-state index in [1.165, 1.54) is 0 Å². The largest absolute Gasteiger partial charge is 0.438 e. The van der Waals surface area contributed by atoms with Crippen molar-refractivity contribution < 1.29 is 9.05 Å². The van der Waals surface area contributed by atoms with E-state index >= 15 is 0 Å². The molecule has 2 aromatic rings. The maximum absolute atomic E-state index is 10.0. The summed E-state index contributed by atoms with van der Waals surface area (Å²) in [7, 11) is 0. The van der Waals surface area contributed by atoms with E-state index in [4.69, 9.17) is 0 Å². The lowest BCUT2D eigenvalue weighted by Crippen LogP contribution is -1.93. The van der Waals surface area contributed by atoms with Gasteiger partial charge in [0.15, 0.2) is 5.82 Å². The number of nitrogens with one attached hydrogen (secondary N) is 1. The van der Waals surface area contributed by atoms with E-state index in [1.807, 2.05) is 0 Å². The quantitative estimate of drug-likeness (QED) is 0.738. The molecule has 2 heterocycles. The Morgan fingerprint density at radius 1 is 1.06 bits per heavy atom. The lowest BCUT2D eigenvalue weighted by atomic mass is 10.7. The molecule has 92 valence electrons. The summed E-state index contributed by atoms with van der Waals surface area (Å²) in [5.74, 6) is 1.32. The Balaban J connectivity index is 0. The second-order valence-corrected chi connectivity index (χ2v) is 2.54. The second kappa shape index (κ2) is 7.38. The van der Waals surface area contributed by atoms with Gasteiger partial charge in [-0.2, -0.15) is 4.98 Å². The van der Waals surface area contributed by atoms with Crippen LogP contribution in [0.1, 0.15) is 32.4 Å². The summed E-state index contributed by atoms with van der Waals surface area (Å²) in [6.45, 7) is 5.20. The van der Waals surface area contributed by atoms with E-state index in [9.17, 15) is 4.79 Å². The van der Waals surface area contributed by atoms with Crippen molar-refractivity contribution in [3.8, 4) is 0 Å². The summed E-state index contributed by atoms with van der Waals surface area (Å²) >= 11 is 0. The fraction of sp³-hybridized carbons (Fsp3) is 0.556. The number of hydrogen-bond acceptors (Lipinski definition) is 6. The van der Waals surface area contributed by atoms with Crippen molar-refractivity contribution in [1.82, 2.24) is 20.3 Å². The normalized spacial score (nSPS) is 8.19. The summed E-state index contributed by atoms with van der Waals surface area (Å²) in [6.07, 6.45) is 0. The van der Waals surface area contributed by atoms with E-state index in [0.717, 1.165) is 0 Å². The van der Waals surface area contributed by atoms with Crippen molar-refractivity contribution in [2.75, 3.05) is 0 Å². The van der Waals surface area contributed by atoms with Gasteiger partial charge in [-0.05, 0) is 13.8 Å². The molecule has 0 aromatic carbocycles.